The summed E-state index contributed by atoms with van der Waals surface area (Å²) in [6.45, 7) is 13.7. The van der Waals surface area contributed by atoms with Crippen molar-refractivity contribution in [1.82, 2.24) is 56.7 Å². The van der Waals surface area contributed by atoms with E-state index in [9.17, 15) is 52.7 Å². The number of methoxy groups -OCH3 is 2. The van der Waals surface area contributed by atoms with Crippen molar-refractivity contribution < 1.29 is 62.2 Å². The molecule has 2 fully saturated rings. The van der Waals surface area contributed by atoms with Crippen molar-refractivity contribution in [3.05, 3.63) is 65.7 Å². The molecular weight excluding hydrogens is 1180 g/mol. The van der Waals surface area contributed by atoms with E-state index in [1.54, 1.807) is 52.9 Å². The Hall–Kier alpha value is -7.65. The van der Waals surface area contributed by atoms with Crippen LogP contribution < -0.4 is 48.2 Å². The van der Waals surface area contributed by atoms with Gasteiger partial charge in [-0.3, -0.25) is 52.8 Å². The molecule has 26 nitrogen and oxygen atoms in total. The van der Waals surface area contributed by atoms with E-state index in [1.165, 1.54) is 14.2 Å². The SMILES string of the molecule is CCBNC(=O)C1CCN(C(=O)CCC(=O)NCC(=O)NC(CCCNC(N)=O)C(=O)Nc2ccc(CNC(=O)C(Cc3ccccc3)NC(=O)C(C)C(OC)C3CCCN3C(=O)C[C@@H](OC)C(C(C)CC)N(C)C(=O)CNC(=O)C(C(C)C)N(C)C)cc2)C(C)C1. The minimum Gasteiger partial charge on any atom is -0.402 e. The number of benzene rings is 2. The number of hydrogen-bond donors (Lipinski definition) is 9. The van der Waals surface area contributed by atoms with Crippen LogP contribution in [0.5, 0.6) is 0 Å². The van der Waals surface area contributed by atoms with E-state index in [4.69, 9.17) is 15.2 Å². The number of hydrogen-bond acceptors (Lipinski definition) is 14. The predicted molar refractivity (Wildman–Crippen MR) is 351 cm³/mol. The molecule has 0 aromatic heterocycles. The fraction of sp³-hybridized carbons (Fsp3) is 0.646. The van der Waals surface area contributed by atoms with Gasteiger partial charge in [0.15, 0.2) is 0 Å². The van der Waals surface area contributed by atoms with Crippen molar-refractivity contribution in [1.29, 1.82) is 0 Å². The average molecular weight is 1290 g/mol. The third kappa shape index (κ3) is 24.1. The van der Waals surface area contributed by atoms with Crippen LogP contribution in [-0.2, 0) is 70.4 Å². The first kappa shape index (κ1) is 76.8. The van der Waals surface area contributed by atoms with Gasteiger partial charge in [-0.15, -0.1) is 0 Å². The number of carbonyl (C=O) groups excluding carboxylic acids is 11. The van der Waals surface area contributed by atoms with Gasteiger partial charge >= 0.3 is 6.03 Å². The zero-order valence-electron chi connectivity index (χ0n) is 56.2. The average Bonchev–Trinajstić information content (AvgIpc) is 1.58. The molecule has 10 unspecified atom stereocenters. The smallest absolute Gasteiger partial charge is 0.312 e. The zero-order chi connectivity index (χ0) is 68.2. The minimum absolute atomic E-state index is 0.0149. The largest absolute Gasteiger partial charge is 0.402 e. The first-order chi connectivity index (χ1) is 43.7. The summed E-state index contributed by atoms with van der Waals surface area (Å²) >= 11 is 0. The van der Waals surface area contributed by atoms with Crippen molar-refractivity contribution in [3.8, 4) is 0 Å². The van der Waals surface area contributed by atoms with Gasteiger partial charge in [-0.2, -0.15) is 0 Å². The lowest BCUT2D eigenvalue weighted by atomic mass is 9.85. The van der Waals surface area contributed by atoms with Crippen molar-refractivity contribution >= 4 is 78.2 Å². The van der Waals surface area contributed by atoms with Crippen LogP contribution in [0.25, 0.3) is 0 Å². The van der Waals surface area contributed by atoms with Crippen LogP contribution in [-0.4, -0.2) is 209 Å². The summed E-state index contributed by atoms with van der Waals surface area (Å²) in [5.74, 6) is -4.85. The molecule has 2 heterocycles. The van der Waals surface area contributed by atoms with Gasteiger partial charge in [-0.1, -0.05) is 96.7 Å². The Kier molecular flexibility index (Phi) is 32.6. The Labute approximate surface area is 544 Å². The van der Waals surface area contributed by atoms with Gasteiger partial charge in [-0.25, -0.2) is 4.79 Å². The molecule has 4 rings (SSSR count). The summed E-state index contributed by atoms with van der Waals surface area (Å²) in [4.78, 5) is 153. The number of carbonyl (C=O) groups is 11. The Morgan fingerprint density at radius 1 is 0.717 bits per heavy atom. The van der Waals surface area contributed by atoms with Crippen LogP contribution in [0.1, 0.15) is 124 Å². The van der Waals surface area contributed by atoms with Crippen LogP contribution in [0, 0.1) is 23.7 Å². The van der Waals surface area contributed by atoms with Gasteiger partial charge in [0.1, 0.15) is 12.1 Å². The molecule has 27 heteroatoms. The molecule has 0 bridgehead atoms. The minimum atomic E-state index is -1.10. The van der Waals surface area contributed by atoms with Gasteiger partial charge < -0.3 is 72.4 Å². The molecule has 0 aliphatic carbocycles. The highest BCUT2D eigenvalue weighted by molar-refractivity contribution is 6.36. The molecule has 12 amide bonds. The second kappa shape index (κ2) is 39.0. The number of anilines is 1. The van der Waals surface area contributed by atoms with E-state index < -0.39 is 90.4 Å². The molecule has 2 aromatic carbocycles. The van der Waals surface area contributed by atoms with Crippen LogP contribution >= 0.6 is 0 Å². The number of nitrogens with one attached hydrogen (secondary N) is 8. The number of rotatable bonds is 37. The lowest BCUT2D eigenvalue weighted by molar-refractivity contribution is -0.146. The van der Waals surface area contributed by atoms with Gasteiger partial charge in [0.2, 0.25) is 66.5 Å². The molecular formula is C65H104BN13O13. The number of urea groups is 1. The van der Waals surface area contributed by atoms with Crippen LogP contribution in [0.15, 0.2) is 54.6 Å². The molecule has 2 aliphatic heterocycles. The second-order valence-electron chi connectivity index (χ2n) is 24.9. The highest BCUT2D eigenvalue weighted by Crippen LogP contribution is 2.30. The maximum Gasteiger partial charge on any atom is 0.312 e. The third-order valence-electron chi connectivity index (χ3n) is 17.5. The number of likely N-dealkylation sites (N-methyl/N-ethyl adjacent to an activating group) is 2. The van der Waals surface area contributed by atoms with E-state index in [-0.39, 0.29) is 111 Å². The van der Waals surface area contributed by atoms with Crippen LogP contribution in [0.3, 0.4) is 0 Å². The standard InChI is InChI=1S/C65H104BN13O13/c1-13-41(5)58(77(10)56(84)39-71-64(89)57(40(3)4)76(8)9)51(91-11)36-55(83)79-32-19-23-50(79)59(92-12)43(7)60(85)74-49(35-44-20-16-15-17-21-44)62(87)70-37-45-24-26-47(27-25-45)72-63(88)48(22-18-31-68-65(67)90)73-53(81)38-69-52(80)28-29-54(82)78-33-30-46(34-42(78)6)61(86)75-66-14-2/h15-17,20-21,24-27,40-43,46,48-51,57-59,66H,13-14,18-19,22-23,28-39H2,1-12H3,(H,69,80)(H,70,87)(H,71,89)(H,72,88)(H,73,81)(H,74,85)(H,75,86)(H3,67,68,90)/t41?,42?,43?,46?,48?,49?,50?,51-,57?,58?,59?/m1/s1. The Bertz CT molecular complexity index is 2750. The molecule has 2 aliphatic rings. The summed E-state index contributed by atoms with van der Waals surface area (Å²) in [6.07, 6.45) is 2.48. The summed E-state index contributed by atoms with van der Waals surface area (Å²) in [5.41, 5.74) is 7.03. The topological polar surface area (TPSA) is 341 Å². The number of primary amides is 1. The molecule has 2 aromatic rings. The van der Waals surface area contributed by atoms with Crippen molar-refractivity contribution in [2.45, 2.75) is 180 Å². The van der Waals surface area contributed by atoms with Crippen LogP contribution in [0.4, 0.5) is 10.5 Å². The maximum absolute atomic E-state index is 14.4. The first-order valence-corrected chi connectivity index (χ1v) is 32.5. The highest BCUT2D eigenvalue weighted by atomic mass is 16.5. The Morgan fingerprint density at radius 2 is 1.41 bits per heavy atom. The highest BCUT2D eigenvalue weighted by Gasteiger charge is 2.43. The quantitative estimate of drug-likeness (QED) is 0.0345. The molecule has 0 saturated carbocycles. The fourth-order valence-electron chi connectivity index (χ4n) is 12.3. The van der Waals surface area contributed by atoms with E-state index in [0.29, 0.717) is 63.9 Å². The normalized spacial score (nSPS) is 18.1. The second-order valence-corrected chi connectivity index (χ2v) is 24.9. The van der Waals surface area contributed by atoms with Crippen LogP contribution in [0.2, 0.25) is 6.32 Å². The van der Waals surface area contributed by atoms with E-state index >= 15 is 0 Å². The lowest BCUT2D eigenvalue weighted by Gasteiger charge is -2.39. The van der Waals surface area contributed by atoms with Gasteiger partial charge in [0, 0.05) is 84.4 Å². The number of likely N-dealkylation sites (tertiary alicyclic amines) is 2. The zero-order valence-corrected chi connectivity index (χ0v) is 56.2. The maximum atomic E-state index is 14.4. The monoisotopic (exact) mass is 1290 g/mol. The number of piperidine rings is 1. The molecule has 510 valence electrons. The summed E-state index contributed by atoms with van der Waals surface area (Å²) in [7, 11) is 8.90. The molecule has 10 N–H and O–H groups in total. The third-order valence-corrected chi connectivity index (χ3v) is 17.5. The first-order valence-electron chi connectivity index (χ1n) is 32.5. The van der Waals surface area contributed by atoms with E-state index in [0.717, 1.165) is 11.9 Å². The number of ether oxygens (including phenoxy) is 2. The lowest BCUT2D eigenvalue weighted by Crippen LogP contribution is -2.55. The summed E-state index contributed by atoms with van der Waals surface area (Å²) < 4.78 is 12.0. The molecule has 2 saturated heterocycles. The van der Waals surface area contributed by atoms with Crippen molar-refractivity contribution in [2.75, 3.05) is 73.4 Å². The van der Waals surface area contributed by atoms with Gasteiger partial charge in [-0.05, 0) is 94.6 Å². The van der Waals surface area contributed by atoms with E-state index in [1.807, 2.05) is 90.9 Å². The molecule has 0 spiro atoms. The number of amides is 12. The fourth-order valence-corrected chi connectivity index (χ4v) is 12.3. The molecule has 11 atom stereocenters. The summed E-state index contributed by atoms with van der Waals surface area (Å²) in [6, 6.07) is 11.3. The number of nitrogens with zero attached hydrogens (tertiary/aromatic N) is 4. The van der Waals surface area contributed by atoms with Crippen molar-refractivity contribution in [2.24, 2.45) is 29.4 Å². The predicted octanol–water partition coefficient (Wildman–Crippen LogP) is 1.95. The molecule has 0 radical (unpaired) electrons. The van der Waals surface area contributed by atoms with E-state index in [2.05, 4.69) is 42.4 Å². The van der Waals surface area contributed by atoms with Crippen molar-refractivity contribution in [3.63, 3.8) is 0 Å². The van der Waals surface area contributed by atoms with Gasteiger partial charge in [0.25, 0.3) is 0 Å². The number of nitrogens with two attached hydrogens (primary N) is 1. The van der Waals surface area contributed by atoms with Gasteiger partial charge in [0.05, 0.1) is 55.8 Å². The Morgan fingerprint density at radius 3 is 2.02 bits per heavy atom. The molecule has 92 heavy (non-hydrogen) atoms. The summed E-state index contributed by atoms with van der Waals surface area (Å²) in [5, 5.41) is 22.0. The Balaban J connectivity index is 1.36.